The van der Waals surface area contributed by atoms with Crippen molar-refractivity contribution in [2.24, 2.45) is 0 Å². The Kier molecular flexibility index (Phi) is 6.37. The van der Waals surface area contributed by atoms with Crippen molar-refractivity contribution >= 4 is 62.3 Å². The average Bonchev–Trinajstić information content (AvgIpc) is 3.83. The van der Waals surface area contributed by atoms with Crippen LogP contribution < -0.4 is 10.5 Å². The Balaban J connectivity index is 1.20. The lowest BCUT2D eigenvalue weighted by Gasteiger charge is -2.19. The van der Waals surface area contributed by atoms with E-state index in [9.17, 15) is 0 Å². The van der Waals surface area contributed by atoms with Crippen LogP contribution in [0.2, 0.25) is 13.1 Å². The third-order valence-electron chi connectivity index (χ3n) is 11.2. The maximum atomic E-state index is 6.63. The number of para-hydroxylation sites is 3. The molecule has 0 radical (unpaired) electrons. The molecule has 5 heteroatoms. The predicted octanol–water partition coefficient (Wildman–Crippen LogP) is 11.3. The van der Waals surface area contributed by atoms with Gasteiger partial charge in [0.05, 0.1) is 16.7 Å². The first-order valence-corrected chi connectivity index (χ1v) is 21.2. The molecule has 0 aliphatic carbocycles. The highest BCUT2D eigenvalue weighted by Gasteiger charge is 2.41. The molecule has 3 aromatic heterocycles. The van der Waals surface area contributed by atoms with Crippen molar-refractivity contribution in [3.63, 3.8) is 0 Å². The Morgan fingerprint density at radius 1 is 0.509 bits per heavy atom. The Labute approximate surface area is 307 Å². The van der Waals surface area contributed by atoms with Gasteiger partial charge in [0.1, 0.15) is 19.2 Å². The first-order valence-electron chi connectivity index (χ1n) is 18.2. The van der Waals surface area contributed by atoms with Gasteiger partial charge in [-0.05, 0) is 76.5 Å². The molecular formula is C48H33N3OSi. The molecule has 1 aliphatic heterocycles. The summed E-state index contributed by atoms with van der Waals surface area (Å²) >= 11 is 0. The van der Waals surface area contributed by atoms with Crippen LogP contribution in [-0.2, 0) is 0 Å². The van der Waals surface area contributed by atoms with Crippen LogP contribution >= 0.6 is 0 Å². The summed E-state index contributed by atoms with van der Waals surface area (Å²) in [5.74, 6) is 0.738. The van der Waals surface area contributed by atoms with Gasteiger partial charge in [0.25, 0.3) is 0 Å². The van der Waals surface area contributed by atoms with E-state index in [2.05, 4.69) is 169 Å². The van der Waals surface area contributed by atoms with Gasteiger partial charge in [0, 0.05) is 49.2 Å². The molecular weight excluding hydrogens is 663 g/mol. The van der Waals surface area contributed by atoms with E-state index in [0.29, 0.717) is 0 Å². The number of aromatic nitrogens is 3. The molecule has 0 N–H and O–H groups in total. The summed E-state index contributed by atoms with van der Waals surface area (Å²) in [6, 6.07) is 58.4. The van der Waals surface area contributed by atoms with Crippen molar-refractivity contribution in [1.82, 2.24) is 14.5 Å². The summed E-state index contributed by atoms with van der Waals surface area (Å²) < 4.78 is 9.00. The fraction of sp³-hybridized carbons (Fsp3) is 0.0417. The molecule has 0 unspecified atom stereocenters. The minimum atomic E-state index is -2.18. The SMILES string of the molecule is C[Si]1(C)c2ccccc2-c2c(-c3cccc4c3oc3ccccc34)nc(-c3ccc4c(c3)c3cc(-c5ccccc5)ccc3n4-c3ccccc3)nc21. The zero-order chi connectivity index (χ0) is 35.3. The standard InChI is InChI=1S/C48H33N3OSi/c1-53(2)43-23-12-10-19-36(43)44-45(37-21-13-20-35-34-18-9-11-22-42(34)52-46(35)37)49-47(50-48(44)53)32-25-27-41-39(29-32)38-28-31(30-14-5-3-6-15-30)24-26-40(38)51(41)33-16-7-4-8-17-33/h3-29H,1-2H3. The van der Waals surface area contributed by atoms with E-state index in [-0.39, 0.29) is 0 Å². The second-order valence-electron chi connectivity index (χ2n) is 14.6. The number of furan rings is 1. The maximum absolute atomic E-state index is 6.63. The van der Waals surface area contributed by atoms with Gasteiger partial charge in [0.15, 0.2) is 5.82 Å². The first-order chi connectivity index (χ1) is 26.0. The van der Waals surface area contributed by atoms with Crippen molar-refractivity contribution in [3.05, 3.63) is 164 Å². The fourth-order valence-electron chi connectivity index (χ4n) is 8.63. The zero-order valence-electron chi connectivity index (χ0n) is 29.3. The van der Waals surface area contributed by atoms with Crippen LogP contribution in [0.5, 0.6) is 0 Å². The van der Waals surface area contributed by atoms with E-state index in [1.54, 1.807) is 0 Å². The molecule has 1 aliphatic rings. The quantitative estimate of drug-likeness (QED) is 0.172. The topological polar surface area (TPSA) is 43.9 Å². The summed E-state index contributed by atoms with van der Waals surface area (Å²) in [5, 5.41) is 7.14. The number of nitrogens with zero attached hydrogens (tertiary/aromatic N) is 3. The smallest absolute Gasteiger partial charge is 0.159 e. The number of hydrogen-bond donors (Lipinski definition) is 0. The van der Waals surface area contributed by atoms with Gasteiger partial charge in [-0.3, -0.25) is 0 Å². The van der Waals surface area contributed by atoms with E-state index in [4.69, 9.17) is 14.4 Å². The lowest BCUT2D eigenvalue weighted by atomic mass is 9.98. The lowest BCUT2D eigenvalue weighted by Crippen LogP contribution is -2.50. The van der Waals surface area contributed by atoms with Gasteiger partial charge < -0.3 is 8.98 Å². The van der Waals surface area contributed by atoms with Crippen molar-refractivity contribution in [2.45, 2.75) is 13.1 Å². The third kappa shape index (κ3) is 4.41. The van der Waals surface area contributed by atoms with Gasteiger partial charge >= 0.3 is 0 Å². The van der Waals surface area contributed by atoms with Crippen LogP contribution in [-0.4, -0.2) is 22.6 Å². The summed E-state index contributed by atoms with van der Waals surface area (Å²) in [6.07, 6.45) is 0. The summed E-state index contributed by atoms with van der Waals surface area (Å²) in [6.45, 7) is 4.84. The van der Waals surface area contributed by atoms with Crippen LogP contribution in [0.1, 0.15) is 0 Å². The molecule has 0 saturated carbocycles. The number of hydrogen-bond acceptors (Lipinski definition) is 3. The van der Waals surface area contributed by atoms with Crippen molar-refractivity contribution in [3.8, 4) is 50.6 Å². The molecule has 0 fully saturated rings. The number of benzene rings is 7. The highest BCUT2D eigenvalue weighted by atomic mass is 28.3. The largest absolute Gasteiger partial charge is 0.455 e. The normalized spacial score (nSPS) is 13.2. The first kappa shape index (κ1) is 30.1. The monoisotopic (exact) mass is 695 g/mol. The molecule has 0 bridgehead atoms. The van der Waals surface area contributed by atoms with Crippen molar-refractivity contribution < 1.29 is 4.42 Å². The van der Waals surface area contributed by atoms with E-state index >= 15 is 0 Å². The lowest BCUT2D eigenvalue weighted by molar-refractivity contribution is 0.670. The van der Waals surface area contributed by atoms with Gasteiger partial charge in [-0.2, -0.15) is 0 Å². The van der Waals surface area contributed by atoms with Crippen molar-refractivity contribution in [2.75, 3.05) is 0 Å². The molecule has 250 valence electrons. The third-order valence-corrected chi connectivity index (χ3v) is 14.5. The van der Waals surface area contributed by atoms with Gasteiger partial charge in [-0.1, -0.05) is 122 Å². The number of rotatable bonds is 4. The molecule has 7 aromatic carbocycles. The van der Waals surface area contributed by atoms with E-state index in [1.807, 2.05) is 12.1 Å². The van der Waals surface area contributed by atoms with Crippen LogP contribution in [0.25, 0.3) is 94.3 Å². The van der Waals surface area contributed by atoms with Crippen LogP contribution in [0.4, 0.5) is 0 Å². The predicted molar refractivity (Wildman–Crippen MR) is 222 cm³/mol. The summed E-state index contributed by atoms with van der Waals surface area (Å²) in [5.41, 5.74) is 12.9. The fourth-order valence-corrected chi connectivity index (χ4v) is 11.5. The molecule has 0 atom stereocenters. The van der Waals surface area contributed by atoms with Gasteiger partial charge in [0.2, 0.25) is 0 Å². The van der Waals surface area contributed by atoms with Crippen LogP contribution in [0.3, 0.4) is 0 Å². The highest BCUT2D eigenvalue weighted by molar-refractivity contribution is 7.03. The highest BCUT2D eigenvalue weighted by Crippen LogP contribution is 2.42. The van der Waals surface area contributed by atoms with Gasteiger partial charge in [-0.15, -0.1) is 0 Å². The summed E-state index contributed by atoms with van der Waals surface area (Å²) in [4.78, 5) is 11.1. The number of fused-ring (bicyclic) bond motifs is 9. The van der Waals surface area contributed by atoms with Crippen LogP contribution in [0, 0.1) is 0 Å². The minimum absolute atomic E-state index is 0.738. The molecule has 0 saturated heterocycles. The second kappa shape index (κ2) is 11.2. The van der Waals surface area contributed by atoms with Crippen LogP contribution in [0.15, 0.2) is 168 Å². The minimum Gasteiger partial charge on any atom is -0.455 e. The Hall–Kier alpha value is -6.56. The van der Waals surface area contributed by atoms with E-state index in [1.165, 1.54) is 43.5 Å². The molecule has 4 nitrogen and oxygen atoms in total. The molecule has 4 heterocycles. The van der Waals surface area contributed by atoms with E-state index in [0.717, 1.165) is 61.4 Å². The Morgan fingerprint density at radius 3 is 1.96 bits per heavy atom. The zero-order valence-corrected chi connectivity index (χ0v) is 30.3. The molecule has 10 aromatic rings. The maximum Gasteiger partial charge on any atom is 0.159 e. The second-order valence-corrected chi connectivity index (χ2v) is 18.8. The Morgan fingerprint density at radius 2 is 1.15 bits per heavy atom. The average molecular weight is 696 g/mol. The van der Waals surface area contributed by atoms with Gasteiger partial charge in [-0.25, -0.2) is 9.97 Å². The summed E-state index contributed by atoms with van der Waals surface area (Å²) in [7, 11) is -2.18. The molecule has 53 heavy (non-hydrogen) atoms. The van der Waals surface area contributed by atoms with E-state index < -0.39 is 8.07 Å². The molecule has 11 rings (SSSR count). The molecule has 0 amide bonds. The Bertz CT molecular complexity index is 3090. The van der Waals surface area contributed by atoms with Crippen molar-refractivity contribution in [1.29, 1.82) is 0 Å². The molecule has 0 spiro atoms.